The summed E-state index contributed by atoms with van der Waals surface area (Å²) < 4.78 is 37.4. The van der Waals surface area contributed by atoms with Crippen molar-refractivity contribution in [3.8, 4) is 0 Å². The van der Waals surface area contributed by atoms with Crippen molar-refractivity contribution in [2.24, 2.45) is 16.9 Å². The van der Waals surface area contributed by atoms with Gasteiger partial charge in [0.15, 0.2) is 5.82 Å². The van der Waals surface area contributed by atoms with E-state index in [4.69, 9.17) is 11.6 Å². The van der Waals surface area contributed by atoms with Crippen molar-refractivity contribution in [3.63, 3.8) is 0 Å². The van der Waals surface area contributed by atoms with E-state index in [1.165, 1.54) is 0 Å². The van der Waals surface area contributed by atoms with Gasteiger partial charge in [0.05, 0.1) is 10.6 Å². The van der Waals surface area contributed by atoms with E-state index in [9.17, 15) is 13.2 Å². The zero-order valence-corrected chi connectivity index (χ0v) is 11.0. The van der Waals surface area contributed by atoms with Crippen molar-refractivity contribution in [1.82, 2.24) is 4.98 Å². The Hall–Kier alpha value is -1.56. The van der Waals surface area contributed by atoms with Crippen LogP contribution in [0.5, 0.6) is 0 Å². The molecule has 2 aliphatic carbocycles. The summed E-state index contributed by atoms with van der Waals surface area (Å²) in [6.07, 6.45) is 2.45. The third-order valence-electron chi connectivity index (χ3n) is 3.64. The van der Waals surface area contributed by atoms with Crippen LogP contribution in [0.4, 0.5) is 19.0 Å². The summed E-state index contributed by atoms with van der Waals surface area (Å²) in [6, 6.07) is 0.845. The van der Waals surface area contributed by atoms with Gasteiger partial charge < -0.3 is 0 Å². The molecule has 0 spiro atoms. The Morgan fingerprint density at radius 1 is 1.40 bits per heavy atom. The summed E-state index contributed by atoms with van der Waals surface area (Å²) in [7, 11) is 0. The van der Waals surface area contributed by atoms with Gasteiger partial charge in [0, 0.05) is 17.8 Å². The van der Waals surface area contributed by atoms with Crippen LogP contribution in [0.3, 0.4) is 0 Å². The molecule has 0 amide bonds. The molecule has 0 unspecified atom stereocenters. The molecule has 1 saturated carbocycles. The lowest BCUT2D eigenvalue weighted by atomic mass is 9.74. The smallest absolute Gasteiger partial charge is 0.260 e. The SMILES string of the molecule is FC(F)(F)c1cnc(N/N=C2/C[C@@H]3C=CC[C@H]23)c(Cl)c1. The van der Waals surface area contributed by atoms with E-state index in [1.807, 2.05) is 0 Å². The minimum atomic E-state index is -4.45. The van der Waals surface area contributed by atoms with Crippen molar-refractivity contribution in [1.29, 1.82) is 0 Å². The maximum absolute atomic E-state index is 12.5. The summed E-state index contributed by atoms with van der Waals surface area (Å²) in [5.74, 6) is 1.13. The second-order valence-electron chi connectivity index (χ2n) is 4.91. The van der Waals surface area contributed by atoms with Gasteiger partial charge in [0.25, 0.3) is 0 Å². The fraction of sp³-hybridized carbons (Fsp3) is 0.385. The highest BCUT2D eigenvalue weighted by Crippen LogP contribution is 2.40. The van der Waals surface area contributed by atoms with Crippen LogP contribution in [0, 0.1) is 11.8 Å². The van der Waals surface area contributed by atoms with Gasteiger partial charge in [-0.25, -0.2) is 4.98 Å². The van der Waals surface area contributed by atoms with Crippen LogP contribution in [0.25, 0.3) is 0 Å². The second kappa shape index (κ2) is 4.77. The Kier molecular flexibility index (Phi) is 3.20. The molecular weight excluding hydrogens is 291 g/mol. The van der Waals surface area contributed by atoms with Crippen LogP contribution in [0.2, 0.25) is 5.02 Å². The Bertz CT molecular complexity index is 595. The lowest BCUT2D eigenvalue weighted by molar-refractivity contribution is -0.137. The van der Waals surface area contributed by atoms with Crippen LogP contribution >= 0.6 is 11.6 Å². The zero-order chi connectivity index (χ0) is 14.3. The molecule has 106 valence electrons. The molecule has 3 nitrogen and oxygen atoms in total. The Labute approximate surface area is 118 Å². The monoisotopic (exact) mass is 301 g/mol. The molecule has 2 aliphatic rings. The minimum absolute atomic E-state index is 0.0930. The number of nitrogens with zero attached hydrogens (tertiary/aromatic N) is 2. The van der Waals surface area contributed by atoms with Gasteiger partial charge in [-0.1, -0.05) is 23.8 Å². The van der Waals surface area contributed by atoms with E-state index in [1.54, 1.807) is 0 Å². The van der Waals surface area contributed by atoms with Crippen molar-refractivity contribution in [3.05, 3.63) is 35.0 Å². The Morgan fingerprint density at radius 3 is 2.85 bits per heavy atom. The maximum atomic E-state index is 12.5. The number of hydrogen-bond donors (Lipinski definition) is 1. The highest BCUT2D eigenvalue weighted by molar-refractivity contribution is 6.33. The molecule has 0 aliphatic heterocycles. The molecule has 3 rings (SSSR count). The van der Waals surface area contributed by atoms with Crippen molar-refractivity contribution >= 4 is 23.1 Å². The topological polar surface area (TPSA) is 37.3 Å². The fourth-order valence-electron chi connectivity index (χ4n) is 2.46. The molecule has 7 heteroatoms. The number of aromatic nitrogens is 1. The van der Waals surface area contributed by atoms with Crippen LogP contribution in [-0.2, 0) is 6.18 Å². The minimum Gasteiger partial charge on any atom is -0.260 e. The number of allylic oxidation sites excluding steroid dienone is 2. The van der Waals surface area contributed by atoms with Gasteiger partial charge in [-0.2, -0.15) is 18.3 Å². The molecule has 20 heavy (non-hydrogen) atoms. The lowest BCUT2D eigenvalue weighted by Crippen LogP contribution is -2.33. The van der Waals surface area contributed by atoms with Gasteiger partial charge in [-0.15, -0.1) is 0 Å². The fourth-order valence-corrected chi connectivity index (χ4v) is 2.67. The molecular formula is C13H11ClF3N3. The first kappa shape index (κ1) is 13.4. The predicted molar refractivity (Wildman–Crippen MR) is 70.7 cm³/mol. The van der Waals surface area contributed by atoms with Gasteiger partial charge in [-0.3, -0.25) is 5.43 Å². The molecule has 1 aromatic heterocycles. The number of hydrazone groups is 1. The highest BCUT2D eigenvalue weighted by atomic mass is 35.5. The van der Waals surface area contributed by atoms with Crippen LogP contribution in [0.1, 0.15) is 18.4 Å². The molecule has 0 aromatic carbocycles. The van der Waals surface area contributed by atoms with E-state index in [-0.39, 0.29) is 10.8 Å². The van der Waals surface area contributed by atoms with E-state index < -0.39 is 11.7 Å². The summed E-state index contributed by atoms with van der Waals surface area (Å²) in [4.78, 5) is 3.67. The average Bonchev–Trinajstić information content (AvgIpc) is 2.72. The molecule has 1 N–H and O–H groups in total. The van der Waals surface area contributed by atoms with Gasteiger partial charge in [-0.05, 0) is 24.8 Å². The number of alkyl halides is 3. The molecule has 1 aromatic rings. The van der Waals surface area contributed by atoms with Crippen LogP contribution in [-0.4, -0.2) is 10.7 Å². The number of pyridine rings is 1. The average molecular weight is 302 g/mol. The number of nitrogens with one attached hydrogen (secondary N) is 1. The van der Waals surface area contributed by atoms with Gasteiger partial charge in [0.1, 0.15) is 0 Å². The van der Waals surface area contributed by atoms with Crippen molar-refractivity contribution < 1.29 is 13.2 Å². The Morgan fingerprint density at radius 2 is 2.20 bits per heavy atom. The number of hydrogen-bond acceptors (Lipinski definition) is 3. The number of halogens is 4. The highest BCUT2D eigenvalue weighted by Gasteiger charge is 2.38. The quantitative estimate of drug-likeness (QED) is 0.659. The molecule has 2 atom stereocenters. The largest absolute Gasteiger partial charge is 0.417 e. The molecule has 1 heterocycles. The summed E-state index contributed by atoms with van der Waals surface area (Å²) in [6.45, 7) is 0. The van der Waals surface area contributed by atoms with E-state index >= 15 is 0 Å². The Balaban J connectivity index is 1.71. The summed E-state index contributed by atoms with van der Waals surface area (Å²) in [5, 5.41) is 4.10. The van der Waals surface area contributed by atoms with Crippen LogP contribution in [0.15, 0.2) is 29.5 Å². The van der Waals surface area contributed by atoms with E-state index in [0.717, 1.165) is 30.8 Å². The number of rotatable bonds is 2. The third-order valence-corrected chi connectivity index (χ3v) is 3.93. The second-order valence-corrected chi connectivity index (χ2v) is 5.31. The maximum Gasteiger partial charge on any atom is 0.417 e. The summed E-state index contributed by atoms with van der Waals surface area (Å²) >= 11 is 5.78. The predicted octanol–water partition coefficient (Wildman–Crippen LogP) is 4.12. The zero-order valence-electron chi connectivity index (χ0n) is 10.3. The molecule has 1 fully saturated rings. The van der Waals surface area contributed by atoms with Gasteiger partial charge in [0.2, 0.25) is 0 Å². The first-order chi connectivity index (χ1) is 9.45. The van der Waals surface area contributed by atoms with E-state index in [2.05, 4.69) is 27.7 Å². The molecule has 0 saturated heterocycles. The lowest BCUT2D eigenvalue weighted by Gasteiger charge is -2.31. The summed E-state index contributed by atoms with van der Waals surface area (Å²) in [5.41, 5.74) is 2.80. The first-order valence-corrected chi connectivity index (χ1v) is 6.55. The number of fused-ring (bicyclic) bond motifs is 1. The van der Waals surface area contributed by atoms with Crippen LogP contribution < -0.4 is 5.43 Å². The van der Waals surface area contributed by atoms with E-state index in [0.29, 0.717) is 11.8 Å². The number of anilines is 1. The molecule has 0 radical (unpaired) electrons. The standard InChI is InChI=1S/C13H11ClF3N3/c14-10-5-8(13(15,16)17)6-18-12(10)20-19-11-4-7-2-1-3-9(7)11/h1-2,5-7,9H,3-4H2,(H,18,20)/b19-11-/t7-,9-/m0/s1. The van der Waals surface area contributed by atoms with Crippen molar-refractivity contribution in [2.75, 3.05) is 5.43 Å². The van der Waals surface area contributed by atoms with Crippen molar-refractivity contribution in [2.45, 2.75) is 19.0 Å². The first-order valence-electron chi connectivity index (χ1n) is 6.17. The van der Waals surface area contributed by atoms with Gasteiger partial charge >= 0.3 is 6.18 Å². The molecule has 0 bridgehead atoms. The normalized spacial score (nSPS) is 26.5. The third kappa shape index (κ3) is 2.40.